The maximum absolute atomic E-state index is 6.08. The topological polar surface area (TPSA) is 92.0 Å². The molecule has 0 aromatic carbocycles. The Morgan fingerprint density at radius 3 is 2.84 bits per heavy atom. The van der Waals surface area contributed by atoms with Crippen molar-refractivity contribution in [3.05, 3.63) is 17.6 Å². The van der Waals surface area contributed by atoms with E-state index in [1.807, 2.05) is 20.0 Å². The van der Waals surface area contributed by atoms with E-state index in [1.54, 1.807) is 18.7 Å². The van der Waals surface area contributed by atoms with Crippen molar-refractivity contribution in [2.24, 2.45) is 12.8 Å². The first-order valence-corrected chi connectivity index (χ1v) is 6.13. The van der Waals surface area contributed by atoms with E-state index in [2.05, 4.69) is 15.2 Å². The molecule has 0 spiro atoms. The first-order chi connectivity index (χ1) is 8.97. The molecular weight excluding hydrogens is 246 g/mol. The number of nitrogens with two attached hydrogens (primary N) is 1. The fourth-order valence-corrected chi connectivity index (χ4v) is 1.82. The Morgan fingerprint density at radius 2 is 2.26 bits per heavy atom. The predicted octanol–water partition coefficient (Wildman–Crippen LogP) is 0.853. The molecule has 0 aliphatic heterocycles. The fraction of sp³-hybridized carbons (Fsp3) is 0.583. The molecule has 7 heteroatoms. The van der Waals surface area contributed by atoms with Crippen molar-refractivity contribution >= 4 is 0 Å². The normalized spacial score (nSPS) is 14.6. The number of methoxy groups -OCH3 is 1. The summed E-state index contributed by atoms with van der Waals surface area (Å²) in [6.45, 7) is 4.16. The Balaban J connectivity index is 2.32. The van der Waals surface area contributed by atoms with Crippen molar-refractivity contribution < 1.29 is 9.26 Å². The van der Waals surface area contributed by atoms with E-state index in [4.69, 9.17) is 15.0 Å². The van der Waals surface area contributed by atoms with Crippen molar-refractivity contribution in [3.63, 3.8) is 0 Å². The van der Waals surface area contributed by atoms with Crippen molar-refractivity contribution in [2.45, 2.75) is 25.8 Å². The number of aryl methyl sites for hydroxylation is 2. The van der Waals surface area contributed by atoms with Crippen molar-refractivity contribution in [2.75, 3.05) is 13.7 Å². The lowest BCUT2D eigenvalue weighted by Crippen LogP contribution is -2.38. The highest BCUT2D eigenvalue weighted by Gasteiger charge is 2.28. The summed E-state index contributed by atoms with van der Waals surface area (Å²) >= 11 is 0. The van der Waals surface area contributed by atoms with E-state index < -0.39 is 5.54 Å². The van der Waals surface area contributed by atoms with Crippen LogP contribution in [0.5, 0.6) is 0 Å². The maximum Gasteiger partial charge on any atom is 0.276 e. The molecule has 0 fully saturated rings. The maximum atomic E-state index is 6.08. The summed E-state index contributed by atoms with van der Waals surface area (Å²) in [7, 11) is 3.43. The Kier molecular flexibility index (Phi) is 3.68. The fourth-order valence-electron chi connectivity index (χ4n) is 1.82. The summed E-state index contributed by atoms with van der Waals surface area (Å²) in [6, 6.07) is 1.93. The zero-order valence-corrected chi connectivity index (χ0v) is 11.7. The van der Waals surface area contributed by atoms with E-state index in [9.17, 15) is 0 Å². The minimum atomic E-state index is -0.775. The van der Waals surface area contributed by atoms with Gasteiger partial charge in [-0.15, -0.1) is 0 Å². The number of hydrogen-bond donors (Lipinski definition) is 1. The summed E-state index contributed by atoms with van der Waals surface area (Å²) in [6.07, 6.45) is 0.854. The molecule has 0 saturated carbocycles. The van der Waals surface area contributed by atoms with Crippen molar-refractivity contribution in [3.8, 4) is 11.6 Å². The standard InChI is InChI=1S/C12H19N5O2/c1-5-8-6-9(17(3)15-8)10-14-11(16-19-10)12(2,13)7-18-4/h6H,5,7,13H2,1-4H3. The second-order valence-corrected chi connectivity index (χ2v) is 4.77. The lowest BCUT2D eigenvalue weighted by molar-refractivity contribution is 0.135. The second-order valence-electron chi connectivity index (χ2n) is 4.77. The molecule has 0 amide bonds. The van der Waals surface area contributed by atoms with Gasteiger partial charge < -0.3 is 15.0 Å². The summed E-state index contributed by atoms with van der Waals surface area (Å²) in [4.78, 5) is 4.34. The molecule has 0 saturated heterocycles. The van der Waals surface area contributed by atoms with Gasteiger partial charge in [-0.1, -0.05) is 12.1 Å². The largest absolute Gasteiger partial charge is 0.382 e. The molecule has 2 rings (SSSR count). The average Bonchev–Trinajstić information content (AvgIpc) is 2.95. The Bertz CT molecular complexity index is 558. The van der Waals surface area contributed by atoms with Crippen molar-refractivity contribution in [1.82, 2.24) is 19.9 Å². The number of nitrogens with zero attached hydrogens (tertiary/aromatic N) is 4. The first-order valence-electron chi connectivity index (χ1n) is 6.13. The summed E-state index contributed by atoms with van der Waals surface area (Å²) in [5.41, 5.74) is 7.06. The number of aromatic nitrogens is 4. The Labute approximate surface area is 111 Å². The van der Waals surface area contributed by atoms with Gasteiger partial charge in [0.05, 0.1) is 12.3 Å². The molecular formula is C12H19N5O2. The molecule has 1 unspecified atom stereocenters. The van der Waals surface area contributed by atoms with E-state index >= 15 is 0 Å². The van der Waals surface area contributed by atoms with Gasteiger partial charge in [-0.25, -0.2) is 0 Å². The molecule has 0 radical (unpaired) electrons. The van der Waals surface area contributed by atoms with Crippen LogP contribution in [0.3, 0.4) is 0 Å². The van der Waals surface area contributed by atoms with Crippen molar-refractivity contribution in [1.29, 1.82) is 0 Å². The molecule has 0 aliphatic rings. The minimum absolute atomic E-state index is 0.317. The van der Waals surface area contributed by atoms with E-state index in [0.29, 0.717) is 18.3 Å². The molecule has 2 aromatic heterocycles. The highest BCUT2D eigenvalue weighted by atomic mass is 16.5. The zero-order valence-electron chi connectivity index (χ0n) is 11.7. The van der Waals surface area contributed by atoms with Crippen LogP contribution in [0.25, 0.3) is 11.6 Å². The van der Waals surface area contributed by atoms with Crippen LogP contribution in [0.2, 0.25) is 0 Å². The first kappa shape index (κ1) is 13.7. The van der Waals surface area contributed by atoms with E-state index in [-0.39, 0.29) is 0 Å². The third kappa shape index (κ3) is 2.66. The highest BCUT2D eigenvalue weighted by molar-refractivity contribution is 5.48. The van der Waals surface area contributed by atoms with Crippen LogP contribution in [0.4, 0.5) is 0 Å². The molecule has 7 nitrogen and oxygen atoms in total. The van der Waals surface area contributed by atoms with Crippen LogP contribution < -0.4 is 5.73 Å². The number of hydrogen-bond acceptors (Lipinski definition) is 6. The van der Waals surface area contributed by atoms with Crippen LogP contribution in [0.15, 0.2) is 10.6 Å². The number of ether oxygens (including phenoxy) is 1. The quantitative estimate of drug-likeness (QED) is 0.861. The lowest BCUT2D eigenvalue weighted by atomic mass is 10.1. The SMILES string of the molecule is CCc1cc(-c2nc(C(C)(N)COC)no2)n(C)n1. The number of rotatable bonds is 5. The van der Waals surface area contributed by atoms with Gasteiger partial charge in [0.2, 0.25) is 0 Å². The predicted molar refractivity (Wildman–Crippen MR) is 69.3 cm³/mol. The van der Waals surface area contributed by atoms with Crippen LogP contribution in [0, 0.1) is 0 Å². The Hall–Kier alpha value is -1.73. The molecule has 19 heavy (non-hydrogen) atoms. The van der Waals surface area contributed by atoms with Gasteiger partial charge in [0.1, 0.15) is 11.2 Å². The van der Waals surface area contributed by atoms with E-state index in [1.165, 1.54) is 0 Å². The van der Waals surface area contributed by atoms with Gasteiger partial charge in [-0.05, 0) is 19.4 Å². The third-order valence-corrected chi connectivity index (χ3v) is 2.89. The third-order valence-electron chi connectivity index (χ3n) is 2.89. The molecule has 104 valence electrons. The molecule has 2 aromatic rings. The van der Waals surface area contributed by atoms with Gasteiger partial charge in [-0.2, -0.15) is 10.1 Å². The molecule has 0 bridgehead atoms. The second kappa shape index (κ2) is 5.10. The average molecular weight is 265 g/mol. The van der Waals surface area contributed by atoms with Gasteiger partial charge in [0.15, 0.2) is 5.82 Å². The highest BCUT2D eigenvalue weighted by Crippen LogP contribution is 2.22. The molecule has 2 N–H and O–H groups in total. The lowest BCUT2D eigenvalue weighted by Gasteiger charge is -2.18. The van der Waals surface area contributed by atoms with Gasteiger partial charge >= 0.3 is 0 Å². The summed E-state index contributed by atoms with van der Waals surface area (Å²) < 4.78 is 12.0. The van der Waals surface area contributed by atoms with Crippen LogP contribution in [0.1, 0.15) is 25.4 Å². The van der Waals surface area contributed by atoms with E-state index in [0.717, 1.165) is 17.8 Å². The summed E-state index contributed by atoms with van der Waals surface area (Å²) in [5.74, 6) is 0.834. The van der Waals surface area contributed by atoms with Crippen LogP contribution >= 0.6 is 0 Å². The minimum Gasteiger partial charge on any atom is -0.382 e. The van der Waals surface area contributed by atoms with Gasteiger partial charge in [0.25, 0.3) is 5.89 Å². The zero-order chi connectivity index (χ0) is 14.0. The van der Waals surface area contributed by atoms with Crippen LogP contribution in [-0.2, 0) is 23.7 Å². The van der Waals surface area contributed by atoms with Gasteiger partial charge in [-0.3, -0.25) is 4.68 Å². The summed E-state index contributed by atoms with van der Waals surface area (Å²) in [5, 5.41) is 8.27. The van der Waals surface area contributed by atoms with Crippen LogP contribution in [-0.4, -0.2) is 33.6 Å². The smallest absolute Gasteiger partial charge is 0.276 e. The molecule has 1 atom stereocenters. The molecule has 2 heterocycles. The monoisotopic (exact) mass is 265 g/mol. The van der Waals surface area contributed by atoms with Gasteiger partial charge in [0, 0.05) is 14.2 Å². The Morgan fingerprint density at radius 1 is 1.53 bits per heavy atom. The molecule has 0 aliphatic carbocycles.